The number of hydrogen-bond donors (Lipinski definition) is 0. The number of halogens is 1. The summed E-state index contributed by atoms with van der Waals surface area (Å²) in [4.78, 5) is 19.8. The van der Waals surface area contributed by atoms with Crippen LogP contribution in [0, 0.1) is 6.92 Å². The summed E-state index contributed by atoms with van der Waals surface area (Å²) < 4.78 is 4.73. The molecule has 0 amide bonds. The van der Waals surface area contributed by atoms with Crippen LogP contribution in [-0.2, 0) is 16.0 Å². The lowest BCUT2D eigenvalue weighted by atomic mass is 10.1. The number of fused-ring (bicyclic) bond motifs is 1. The minimum atomic E-state index is -0.274. The van der Waals surface area contributed by atoms with Crippen molar-refractivity contribution in [2.45, 2.75) is 25.7 Å². The molecule has 0 saturated heterocycles. The van der Waals surface area contributed by atoms with Gasteiger partial charge in [0.25, 0.3) is 0 Å². The fourth-order valence-electron chi connectivity index (χ4n) is 1.90. The molecule has 5 heteroatoms. The van der Waals surface area contributed by atoms with Crippen molar-refractivity contribution >= 4 is 17.6 Å². The van der Waals surface area contributed by atoms with Crippen molar-refractivity contribution in [1.29, 1.82) is 0 Å². The van der Waals surface area contributed by atoms with Crippen LogP contribution in [0.1, 0.15) is 29.4 Å². The highest BCUT2D eigenvalue weighted by molar-refractivity contribution is 6.30. The van der Waals surface area contributed by atoms with Crippen LogP contribution in [-0.4, -0.2) is 23.0 Å². The van der Waals surface area contributed by atoms with Crippen LogP contribution in [0.4, 0.5) is 0 Å². The highest BCUT2D eigenvalue weighted by Gasteiger charge is 2.33. The first-order valence-electron chi connectivity index (χ1n) is 4.74. The maximum Gasteiger partial charge on any atom is 0.314 e. The van der Waals surface area contributed by atoms with Crippen LogP contribution in [0.25, 0.3) is 0 Å². The van der Waals surface area contributed by atoms with Crippen molar-refractivity contribution in [2.75, 3.05) is 7.11 Å². The fourth-order valence-corrected chi connectivity index (χ4v) is 2.21. The van der Waals surface area contributed by atoms with E-state index >= 15 is 0 Å². The molecule has 4 nitrogen and oxygen atoms in total. The summed E-state index contributed by atoms with van der Waals surface area (Å²) in [6, 6.07) is 0. The number of carbonyl (C=O) groups excluding carboxylic acids is 1. The highest BCUT2D eigenvalue weighted by Crippen LogP contribution is 2.35. The molecule has 0 radical (unpaired) electrons. The Labute approximate surface area is 92.6 Å². The number of carbonyl (C=O) groups is 1. The molecule has 0 bridgehead atoms. The van der Waals surface area contributed by atoms with Gasteiger partial charge >= 0.3 is 5.97 Å². The summed E-state index contributed by atoms with van der Waals surface area (Å²) in [5.41, 5.74) is 1.62. The third-order valence-corrected chi connectivity index (χ3v) is 2.91. The Bertz CT molecular complexity index is 420. The Morgan fingerprint density at radius 1 is 1.53 bits per heavy atom. The van der Waals surface area contributed by atoms with E-state index in [9.17, 15) is 4.79 Å². The molecule has 1 aliphatic rings. The van der Waals surface area contributed by atoms with E-state index < -0.39 is 0 Å². The number of aromatic nitrogens is 2. The van der Waals surface area contributed by atoms with Crippen molar-refractivity contribution in [1.82, 2.24) is 9.97 Å². The number of ether oxygens (including phenoxy) is 1. The molecule has 1 unspecified atom stereocenters. The van der Waals surface area contributed by atoms with Crippen molar-refractivity contribution < 1.29 is 9.53 Å². The lowest BCUT2D eigenvalue weighted by Gasteiger charge is -2.08. The zero-order chi connectivity index (χ0) is 11.0. The van der Waals surface area contributed by atoms with Gasteiger partial charge in [0.1, 0.15) is 11.0 Å². The third kappa shape index (κ3) is 1.69. The number of nitrogens with zero attached hydrogens (tertiary/aromatic N) is 2. The molecular formula is C10H11ClN2O2. The maximum absolute atomic E-state index is 11.5. The number of aryl methyl sites for hydroxylation is 1. The Morgan fingerprint density at radius 2 is 2.27 bits per heavy atom. The summed E-state index contributed by atoms with van der Waals surface area (Å²) in [6.07, 6.45) is 1.45. The van der Waals surface area contributed by atoms with Gasteiger partial charge in [0.2, 0.25) is 0 Å². The van der Waals surface area contributed by atoms with E-state index in [1.807, 2.05) is 0 Å². The molecular weight excluding hydrogens is 216 g/mol. The molecule has 1 atom stereocenters. The second kappa shape index (κ2) is 3.77. The quantitative estimate of drug-likeness (QED) is 0.540. The van der Waals surface area contributed by atoms with E-state index in [1.54, 1.807) is 6.92 Å². The molecule has 1 aromatic heterocycles. The van der Waals surface area contributed by atoms with Gasteiger partial charge in [-0.3, -0.25) is 4.79 Å². The standard InChI is InChI=1S/C10H11ClN2O2/c1-5-12-8-6(9(11)13-5)3-4-7(8)10(14)15-2/h7H,3-4H2,1-2H3. The molecule has 0 spiro atoms. The van der Waals surface area contributed by atoms with Gasteiger partial charge in [-0.05, 0) is 19.8 Å². The summed E-state index contributed by atoms with van der Waals surface area (Å²) >= 11 is 5.98. The van der Waals surface area contributed by atoms with Gasteiger partial charge in [0.15, 0.2) is 0 Å². The highest BCUT2D eigenvalue weighted by atomic mass is 35.5. The van der Waals surface area contributed by atoms with Crippen LogP contribution in [0.2, 0.25) is 5.15 Å². The number of esters is 1. The minimum Gasteiger partial charge on any atom is -0.469 e. The van der Waals surface area contributed by atoms with Crippen LogP contribution < -0.4 is 0 Å². The molecule has 15 heavy (non-hydrogen) atoms. The van der Waals surface area contributed by atoms with Gasteiger partial charge in [-0.1, -0.05) is 11.6 Å². The van der Waals surface area contributed by atoms with E-state index in [4.69, 9.17) is 16.3 Å². The second-order valence-corrected chi connectivity index (χ2v) is 3.90. The van der Waals surface area contributed by atoms with Crippen molar-refractivity contribution in [3.05, 3.63) is 22.2 Å². The predicted molar refractivity (Wildman–Crippen MR) is 54.9 cm³/mol. The SMILES string of the molecule is COC(=O)C1CCc2c(Cl)nc(C)nc21. The van der Waals surface area contributed by atoms with Crippen LogP contribution in [0.3, 0.4) is 0 Å². The second-order valence-electron chi connectivity index (χ2n) is 3.54. The Hall–Kier alpha value is -1.16. The molecule has 0 fully saturated rings. The molecule has 80 valence electrons. The average molecular weight is 227 g/mol. The largest absolute Gasteiger partial charge is 0.469 e. The topological polar surface area (TPSA) is 52.1 Å². The Kier molecular flexibility index (Phi) is 2.61. The lowest BCUT2D eigenvalue weighted by Crippen LogP contribution is -2.13. The minimum absolute atomic E-state index is 0.247. The van der Waals surface area contributed by atoms with E-state index in [-0.39, 0.29) is 11.9 Å². The third-order valence-electron chi connectivity index (χ3n) is 2.60. The molecule has 0 aliphatic heterocycles. The first-order chi connectivity index (χ1) is 7.13. The van der Waals surface area contributed by atoms with Gasteiger partial charge in [-0.2, -0.15) is 0 Å². The molecule has 0 saturated carbocycles. The Morgan fingerprint density at radius 3 is 2.93 bits per heavy atom. The van der Waals surface area contributed by atoms with Crippen LogP contribution >= 0.6 is 11.6 Å². The van der Waals surface area contributed by atoms with Crippen molar-refractivity contribution in [2.24, 2.45) is 0 Å². The zero-order valence-corrected chi connectivity index (χ0v) is 9.34. The molecule has 0 aromatic carbocycles. The first-order valence-corrected chi connectivity index (χ1v) is 5.12. The van der Waals surface area contributed by atoms with Crippen molar-refractivity contribution in [3.8, 4) is 0 Å². The summed E-state index contributed by atoms with van der Waals surface area (Å²) in [6.45, 7) is 1.76. The maximum atomic E-state index is 11.5. The first kappa shape index (κ1) is 10.4. The summed E-state index contributed by atoms with van der Waals surface area (Å²) in [7, 11) is 1.38. The van der Waals surface area contributed by atoms with Crippen molar-refractivity contribution in [3.63, 3.8) is 0 Å². The van der Waals surface area contributed by atoms with E-state index in [1.165, 1.54) is 7.11 Å². The fraction of sp³-hybridized carbons (Fsp3) is 0.500. The molecule has 2 rings (SSSR count). The van der Waals surface area contributed by atoms with Gasteiger partial charge in [-0.15, -0.1) is 0 Å². The number of hydrogen-bond acceptors (Lipinski definition) is 4. The van der Waals surface area contributed by atoms with Gasteiger partial charge in [-0.25, -0.2) is 9.97 Å². The molecule has 1 heterocycles. The van der Waals surface area contributed by atoms with Gasteiger partial charge in [0, 0.05) is 5.56 Å². The average Bonchev–Trinajstić information content (AvgIpc) is 2.60. The van der Waals surface area contributed by atoms with E-state index in [0.717, 1.165) is 17.7 Å². The number of methoxy groups -OCH3 is 1. The zero-order valence-electron chi connectivity index (χ0n) is 8.58. The Balaban J connectivity index is 2.46. The van der Waals surface area contributed by atoms with Gasteiger partial charge in [0.05, 0.1) is 18.7 Å². The predicted octanol–water partition coefficient (Wildman–Crippen LogP) is 1.64. The van der Waals surface area contributed by atoms with Crippen LogP contribution in [0.15, 0.2) is 0 Å². The van der Waals surface area contributed by atoms with E-state index in [2.05, 4.69) is 9.97 Å². The molecule has 1 aromatic rings. The molecule has 1 aliphatic carbocycles. The smallest absolute Gasteiger partial charge is 0.314 e. The normalized spacial score (nSPS) is 18.7. The number of rotatable bonds is 1. The monoisotopic (exact) mass is 226 g/mol. The lowest BCUT2D eigenvalue weighted by molar-refractivity contribution is -0.142. The van der Waals surface area contributed by atoms with Crippen LogP contribution in [0.5, 0.6) is 0 Å². The summed E-state index contributed by atoms with van der Waals surface area (Å²) in [5.74, 6) is 0.0710. The summed E-state index contributed by atoms with van der Waals surface area (Å²) in [5, 5.41) is 0.462. The van der Waals surface area contributed by atoms with E-state index in [0.29, 0.717) is 17.4 Å². The van der Waals surface area contributed by atoms with Gasteiger partial charge < -0.3 is 4.74 Å². The molecule has 0 N–H and O–H groups in total.